The van der Waals surface area contributed by atoms with E-state index in [1.54, 1.807) is 43.3 Å². The van der Waals surface area contributed by atoms with Crippen molar-refractivity contribution in [1.29, 1.82) is 0 Å². The minimum absolute atomic E-state index is 0.114. The fourth-order valence-corrected chi connectivity index (χ4v) is 3.08. The van der Waals surface area contributed by atoms with Crippen LogP contribution in [-0.4, -0.2) is 20.4 Å². The Labute approximate surface area is 161 Å². The smallest absolute Gasteiger partial charge is 0.261 e. The first-order valence-electron chi connectivity index (χ1n) is 9.09. The molecule has 2 aromatic heterocycles. The molecule has 0 atom stereocenters. The predicted octanol–water partition coefficient (Wildman–Crippen LogP) is 3.61. The number of nitrogens with zero attached hydrogens (tertiary/aromatic N) is 3. The van der Waals surface area contributed by atoms with Gasteiger partial charge in [-0.05, 0) is 37.3 Å². The Kier molecular flexibility index (Phi) is 4.43. The van der Waals surface area contributed by atoms with Crippen molar-refractivity contribution in [2.45, 2.75) is 33.2 Å². The van der Waals surface area contributed by atoms with Crippen molar-refractivity contribution >= 4 is 33.6 Å². The third kappa shape index (κ3) is 3.26. The van der Waals surface area contributed by atoms with Crippen molar-refractivity contribution in [3.05, 3.63) is 64.5 Å². The molecule has 142 valence electrons. The molecular weight excluding hydrogens is 356 g/mol. The van der Waals surface area contributed by atoms with E-state index in [0.717, 1.165) is 0 Å². The minimum atomic E-state index is -0.311. The number of para-hydroxylation sites is 1. The van der Waals surface area contributed by atoms with E-state index in [1.807, 2.05) is 19.9 Å². The summed E-state index contributed by atoms with van der Waals surface area (Å²) in [6.45, 7) is 5.61. The van der Waals surface area contributed by atoms with Crippen LogP contribution in [0.3, 0.4) is 0 Å². The van der Waals surface area contributed by atoms with Gasteiger partial charge in [0.25, 0.3) is 5.56 Å². The first kappa shape index (κ1) is 17.9. The molecule has 7 heteroatoms. The summed E-state index contributed by atoms with van der Waals surface area (Å²) >= 11 is 0. The summed E-state index contributed by atoms with van der Waals surface area (Å²) in [7, 11) is 0. The highest BCUT2D eigenvalue weighted by atomic mass is 16.3. The standard InChI is InChI=1S/C21H20N4O3/c1-12(2)20-24-17-10-14(8-9-18(17)28-20)23-19(26)11-25-13(3)22-16-7-5-4-6-15(16)21(25)27/h4-10,12H,11H2,1-3H3,(H,23,26). The second kappa shape index (κ2) is 6.92. The number of anilines is 1. The average molecular weight is 376 g/mol. The predicted molar refractivity (Wildman–Crippen MR) is 107 cm³/mol. The first-order chi connectivity index (χ1) is 13.4. The zero-order chi connectivity index (χ0) is 19.8. The molecule has 7 nitrogen and oxygen atoms in total. The second-order valence-electron chi connectivity index (χ2n) is 7.00. The Hall–Kier alpha value is -3.48. The molecular formula is C21H20N4O3. The zero-order valence-corrected chi connectivity index (χ0v) is 15.9. The zero-order valence-electron chi connectivity index (χ0n) is 15.9. The topological polar surface area (TPSA) is 90.0 Å². The van der Waals surface area contributed by atoms with Crippen LogP contribution in [0.25, 0.3) is 22.0 Å². The van der Waals surface area contributed by atoms with Crippen LogP contribution in [0.5, 0.6) is 0 Å². The molecule has 1 N–H and O–H groups in total. The molecule has 0 aliphatic carbocycles. The summed E-state index contributed by atoms with van der Waals surface area (Å²) in [4.78, 5) is 34.1. The molecule has 4 rings (SSSR count). The lowest BCUT2D eigenvalue weighted by atomic mass is 10.2. The van der Waals surface area contributed by atoms with Crippen LogP contribution in [0.4, 0.5) is 5.69 Å². The van der Waals surface area contributed by atoms with Crippen LogP contribution in [0.1, 0.15) is 31.5 Å². The van der Waals surface area contributed by atoms with E-state index in [4.69, 9.17) is 4.42 Å². The number of hydrogen-bond acceptors (Lipinski definition) is 5. The molecule has 0 radical (unpaired) electrons. The van der Waals surface area contributed by atoms with Gasteiger partial charge in [0.05, 0.1) is 10.9 Å². The third-order valence-corrected chi connectivity index (χ3v) is 4.54. The largest absolute Gasteiger partial charge is 0.440 e. The van der Waals surface area contributed by atoms with Crippen molar-refractivity contribution in [2.75, 3.05) is 5.32 Å². The Balaban J connectivity index is 1.59. The molecule has 4 aromatic rings. The first-order valence-corrected chi connectivity index (χ1v) is 9.09. The van der Waals surface area contributed by atoms with Gasteiger partial charge in [0.1, 0.15) is 17.9 Å². The number of aryl methyl sites for hydroxylation is 1. The van der Waals surface area contributed by atoms with E-state index in [1.165, 1.54) is 4.57 Å². The van der Waals surface area contributed by atoms with Gasteiger partial charge in [0.15, 0.2) is 11.5 Å². The fraction of sp³-hybridized carbons (Fsp3) is 0.238. The molecule has 28 heavy (non-hydrogen) atoms. The molecule has 0 saturated heterocycles. The number of rotatable bonds is 4. The second-order valence-corrected chi connectivity index (χ2v) is 7.00. The molecule has 0 aliphatic heterocycles. The number of aromatic nitrogens is 3. The minimum Gasteiger partial charge on any atom is -0.440 e. The molecule has 0 aliphatic rings. The average Bonchev–Trinajstić information content (AvgIpc) is 3.09. The van der Waals surface area contributed by atoms with Crippen molar-refractivity contribution in [3.63, 3.8) is 0 Å². The van der Waals surface area contributed by atoms with Crippen molar-refractivity contribution in [3.8, 4) is 0 Å². The van der Waals surface area contributed by atoms with E-state index < -0.39 is 0 Å². The van der Waals surface area contributed by atoms with Crippen molar-refractivity contribution < 1.29 is 9.21 Å². The van der Waals surface area contributed by atoms with Crippen LogP contribution in [-0.2, 0) is 11.3 Å². The van der Waals surface area contributed by atoms with Crippen LogP contribution in [0.15, 0.2) is 51.7 Å². The Morgan fingerprint density at radius 2 is 1.93 bits per heavy atom. The van der Waals surface area contributed by atoms with Gasteiger partial charge < -0.3 is 9.73 Å². The quantitative estimate of drug-likeness (QED) is 0.588. The van der Waals surface area contributed by atoms with Gasteiger partial charge in [-0.15, -0.1) is 0 Å². The molecule has 0 fully saturated rings. The number of carbonyl (C=O) groups is 1. The van der Waals surface area contributed by atoms with E-state index in [9.17, 15) is 9.59 Å². The summed E-state index contributed by atoms with van der Waals surface area (Å²) in [5.41, 5.74) is 2.35. The maximum absolute atomic E-state index is 12.7. The summed E-state index contributed by atoms with van der Waals surface area (Å²) in [6, 6.07) is 12.4. The van der Waals surface area contributed by atoms with Crippen LogP contribution < -0.4 is 10.9 Å². The third-order valence-electron chi connectivity index (χ3n) is 4.54. The summed E-state index contributed by atoms with van der Waals surface area (Å²) in [5.74, 6) is 1.02. The number of carbonyl (C=O) groups excluding carboxylic acids is 1. The Bertz CT molecular complexity index is 1250. The highest BCUT2D eigenvalue weighted by Crippen LogP contribution is 2.23. The molecule has 1 amide bonds. The number of amides is 1. The lowest BCUT2D eigenvalue weighted by molar-refractivity contribution is -0.116. The molecule has 0 saturated carbocycles. The van der Waals surface area contributed by atoms with Gasteiger partial charge in [0.2, 0.25) is 5.91 Å². The van der Waals surface area contributed by atoms with Gasteiger partial charge >= 0.3 is 0 Å². The number of fused-ring (bicyclic) bond motifs is 2. The molecule has 0 bridgehead atoms. The van der Waals surface area contributed by atoms with Gasteiger partial charge in [-0.3, -0.25) is 14.2 Å². The van der Waals surface area contributed by atoms with Crippen LogP contribution >= 0.6 is 0 Å². The Morgan fingerprint density at radius 3 is 2.71 bits per heavy atom. The maximum atomic E-state index is 12.7. The normalized spacial score (nSPS) is 11.4. The van der Waals surface area contributed by atoms with Gasteiger partial charge in [-0.2, -0.15) is 0 Å². The molecule has 2 aromatic carbocycles. The van der Waals surface area contributed by atoms with E-state index in [0.29, 0.717) is 39.4 Å². The highest BCUT2D eigenvalue weighted by molar-refractivity contribution is 5.93. The van der Waals surface area contributed by atoms with Gasteiger partial charge in [-0.25, -0.2) is 9.97 Å². The summed E-state index contributed by atoms with van der Waals surface area (Å²) < 4.78 is 7.06. The van der Waals surface area contributed by atoms with Gasteiger partial charge in [0, 0.05) is 11.6 Å². The Morgan fingerprint density at radius 1 is 1.14 bits per heavy atom. The highest BCUT2D eigenvalue weighted by Gasteiger charge is 2.13. The molecule has 2 heterocycles. The number of benzene rings is 2. The maximum Gasteiger partial charge on any atom is 0.261 e. The number of nitrogens with one attached hydrogen (secondary N) is 1. The van der Waals surface area contributed by atoms with E-state index in [2.05, 4.69) is 15.3 Å². The SMILES string of the molecule is Cc1nc2ccccc2c(=O)n1CC(=O)Nc1ccc2oc(C(C)C)nc2c1. The van der Waals surface area contributed by atoms with Crippen molar-refractivity contribution in [1.82, 2.24) is 14.5 Å². The number of hydrogen-bond donors (Lipinski definition) is 1. The lowest BCUT2D eigenvalue weighted by Crippen LogP contribution is -2.30. The van der Waals surface area contributed by atoms with E-state index >= 15 is 0 Å². The number of oxazole rings is 1. The van der Waals surface area contributed by atoms with Crippen molar-refractivity contribution in [2.24, 2.45) is 0 Å². The van der Waals surface area contributed by atoms with E-state index in [-0.39, 0.29) is 23.9 Å². The summed E-state index contributed by atoms with van der Waals surface area (Å²) in [6.07, 6.45) is 0. The molecule has 0 spiro atoms. The summed E-state index contributed by atoms with van der Waals surface area (Å²) in [5, 5.41) is 3.31. The van der Waals surface area contributed by atoms with Crippen LogP contribution in [0, 0.1) is 6.92 Å². The van der Waals surface area contributed by atoms with Crippen LogP contribution in [0.2, 0.25) is 0 Å². The fourth-order valence-electron chi connectivity index (χ4n) is 3.08. The lowest BCUT2D eigenvalue weighted by Gasteiger charge is -2.11. The molecule has 0 unspecified atom stereocenters. The van der Waals surface area contributed by atoms with Gasteiger partial charge in [-0.1, -0.05) is 26.0 Å². The monoisotopic (exact) mass is 376 g/mol.